The molecule has 0 N–H and O–H groups in total. The lowest BCUT2D eigenvalue weighted by molar-refractivity contribution is -0.138. The van der Waals surface area contributed by atoms with Gasteiger partial charge in [0.2, 0.25) is 27.6 Å². The minimum Gasteiger partial charge on any atom is -0.337 e. The van der Waals surface area contributed by atoms with Crippen LogP contribution >= 0.6 is 0 Å². The van der Waals surface area contributed by atoms with Gasteiger partial charge in [-0.15, -0.1) is 0 Å². The van der Waals surface area contributed by atoms with Gasteiger partial charge in [-0.3, -0.25) is 4.79 Å². The average Bonchev–Trinajstić information content (AvgIpc) is 3.54. The van der Waals surface area contributed by atoms with Crippen LogP contribution in [0.2, 0.25) is 0 Å². The lowest BCUT2D eigenvalue weighted by Crippen LogP contribution is -2.46. The summed E-state index contributed by atoms with van der Waals surface area (Å²) in [6.45, 7) is 3.14. The zero-order chi connectivity index (χ0) is 23.7. The molecule has 2 saturated heterocycles. The summed E-state index contributed by atoms with van der Waals surface area (Å²) in [5, 5.41) is 4.11. The predicted octanol–water partition coefficient (Wildman–Crippen LogP) is 3.81. The molecular weight excluding hydrogens is 452 g/mol. The zero-order valence-electron chi connectivity index (χ0n) is 19.1. The van der Waals surface area contributed by atoms with Gasteiger partial charge >= 0.3 is 0 Å². The summed E-state index contributed by atoms with van der Waals surface area (Å²) >= 11 is 0. The minimum atomic E-state index is -3.64. The Labute approximate surface area is 199 Å². The van der Waals surface area contributed by atoms with E-state index in [0.717, 1.165) is 24.0 Å². The summed E-state index contributed by atoms with van der Waals surface area (Å²) in [5.74, 6) is 0.518. The van der Waals surface area contributed by atoms with Gasteiger partial charge in [0.15, 0.2) is 0 Å². The zero-order valence-corrected chi connectivity index (χ0v) is 19.9. The van der Waals surface area contributed by atoms with Crippen LogP contribution in [0.4, 0.5) is 0 Å². The number of hydrogen-bond acceptors (Lipinski definition) is 6. The molecule has 2 fully saturated rings. The Morgan fingerprint density at radius 2 is 1.74 bits per heavy atom. The fourth-order valence-corrected chi connectivity index (χ4v) is 6.34. The maximum Gasteiger partial charge on any atom is 0.249 e. The molecule has 0 aliphatic carbocycles. The molecule has 2 atom stereocenters. The van der Waals surface area contributed by atoms with Crippen LogP contribution in [0.5, 0.6) is 0 Å². The summed E-state index contributed by atoms with van der Waals surface area (Å²) in [5.41, 5.74) is 1.86. The molecule has 0 radical (unpaired) electrons. The van der Waals surface area contributed by atoms with Gasteiger partial charge in [-0.05, 0) is 44.7 Å². The summed E-state index contributed by atoms with van der Waals surface area (Å²) in [6.07, 6.45) is 2.91. The number of aromatic nitrogens is 2. The van der Waals surface area contributed by atoms with Crippen LogP contribution in [0.1, 0.15) is 43.2 Å². The first kappa shape index (κ1) is 22.7. The minimum absolute atomic E-state index is 0.0363. The van der Waals surface area contributed by atoms with Crippen molar-refractivity contribution < 1.29 is 17.7 Å². The van der Waals surface area contributed by atoms with Crippen LogP contribution in [-0.4, -0.2) is 53.3 Å². The number of nitrogens with zero attached hydrogens (tertiary/aromatic N) is 4. The lowest BCUT2D eigenvalue weighted by Gasteiger charge is -2.34. The number of carbonyl (C=O) groups is 1. The first-order chi connectivity index (χ1) is 16.4. The largest absolute Gasteiger partial charge is 0.337 e. The molecule has 178 valence electrons. The van der Waals surface area contributed by atoms with E-state index in [4.69, 9.17) is 4.52 Å². The van der Waals surface area contributed by atoms with Crippen LogP contribution in [-0.2, 0) is 14.8 Å². The smallest absolute Gasteiger partial charge is 0.249 e. The maximum atomic E-state index is 13.5. The standard InChI is InChI=1S/C25H28N4O4S/c1-18-11-13-21(14-12-18)34(31,32)28-15-5-9-20(17-28)25(30)29-16-6-10-22(29)24-26-23(27-33-24)19-7-3-2-4-8-19/h2-4,7-8,11-14,20,22H,5-6,9-10,15-17H2,1H3/t20-,22+/m0/s1. The molecule has 2 aliphatic heterocycles. The maximum absolute atomic E-state index is 13.5. The Bertz CT molecular complexity index is 1260. The van der Waals surface area contributed by atoms with Gasteiger partial charge in [0.25, 0.3) is 0 Å². The highest BCUT2D eigenvalue weighted by molar-refractivity contribution is 7.89. The van der Waals surface area contributed by atoms with E-state index in [0.29, 0.717) is 37.6 Å². The average molecular weight is 481 g/mol. The van der Waals surface area contributed by atoms with E-state index in [1.54, 1.807) is 29.2 Å². The quantitative estimate of drug-likeness (QED) is 0.551. The first-order valence-electron chi connectivity index (χ1n) is 11.7. The predicted molar refractivity (Wildman–Crippen MR) is 126 cm³/mol. The Morgan fingerprint density at radius 3 is 2.50 bits per heavy atom. The number of benzene rings is 2. The van der Waals surface area contributed by atoms with Crippen LogP contribution < -0.4 is 0 Å². The molecule has 0 saturated carbocycles. The second kappa shape index (κ2) is 9.31. The molecular formula is C25H28N4O4S. The van der Waals surface area contributed by atoms with Crippen molar-refractivity contribution in [1.29, 1.82) is 0 Å². The Balaban J connectivity index is 1.32. The molecule has 1 amide bonds. The van der Waals surface area contributed by atoms with E-state index < -0.39 is 10.0 Å². The summed E-state index contributed by atoms with van der Waals surface area (Å²) in [4.78, 5) is 20.2. The molecule has 34 heavy (non-hydrogen) atoms. The fraction of sp³-hybridized carbons (Fsp3) is 0.400. The molecule has 9 heteroatoms. The number of carbonyl (C=O) groups excluding carboxylic acids is 1. The fourth-order valence-electron chi connectivity index (χ4n) is 4.82. The summed E-state index contributed by atoms with van der Waals surface area (Å²) in [7, 11) is -3.64. The van der Waals surface area contributed by atoms with Gasteiger partial charge in [0.05, 0.1) is 10.8 Å². The van der Waals surface area contributed by atoms with Gasteiger partial charge in [-0.25, -0.2) is 8.42 Å². The number of rotatable bonds is 5. The van der Waals surface area contributed by atoms with Crippen molar-refractivity contribution in [2.75, 3.05) is 19.6 Å². The molecule has 2 aliphatic rings. The third kappa shape index (κ3) is 4.37. The van der Waals surface area contributed by atoms with Crippen molar-refractivity contribution in [1.82, 2.24) is 19.3 Å². The number of hydrogen-bond donors (Lipinski definition) is 0. The van der Waals surface area contributed by atoms with Crippen molar-refractivity contribution in [3.05, 3.63) is 66.1 Å². The van der Waals surface area contributed by atoms with Gasteiger partial charge in [0, 0.05) is 25.2 Å². The third-order valence-electron chi connectivity index (χ3n) is 6.69. The van der Waals surface area contributed by atoms with E-state index in [9.17, 15) is 13.2 Å². The second-order valence-corrected chi connectivity index (χ2v) is 11.0. The molecule has 3 aromatic rings. The highest BCUT2D eigenvalue weighted by Gasteiger charge is 2.40. The Morgan fingerprint density at radius 1 is 1.00 bits per heavy atom. The van der Waals surface area contributed by atoms with Crippen molar-refractivity contribution in [2.24, 2.45) is 5.92 Å². The molecule has 5 rings (SSSR count). The van der Waals surface area contributed by atoms with Gasteiger partial charge in [-0.2, -0.15) is 9.29 Å². The molecule has 0 spiro atoms. The molecule has 2 aromatic carbocycles. The number of aryl methyl sites for hydroxylation is 1. The van der Waals surface area contributed by atoms with Crippen LogP contribution in [0.25, 0.3) is 11.4 Å². The van der Waals surface area contributed by atoms with E-state index in [1.807, 2.05) is 37.3 Å². The number of piperidine rings is 1. The van der Waals surface area contributed by atoms with E-state index in [1.165, 1.54) is 4.31 Å². The summed E-state index contributed by atoms with van der Waals surface area (Å²) in [6, 6.07) is 16.2. The van der Waals surface area contributed by atoms with E-state index >= 15 is 0 Å². The second-order valence-electron chi connectivity index (χ2n) is 9.03. The topological polar surface area (TPSA) is 96.6 Å². The van der Waals surface area contributed by atoms with Crippen LogP contribution in [0.3, 0.4) is 0 Å². The SMILES string of the molecule is Cc1ccc(S(=O)(=O)N2CCC[C@H](C(=O)N3CCC[C@@H]3c3nc(-c4ccccc4)no3)C2)cc1. The number of sulfonamides is 1. The molecule has 1 aromatic heterocycles. The van der Waals surface area contributed by atoms with Gasteiger partial charge < -0.3 is 9.42 Å². The number of amides is 1. The normalized spacial score (nSPS) is 21.6. The Hall–Kier alpha value is -3.04. The molecule has 8 nitrogen and oxygen atoms in total. The van der Waals surface area contributed by atoms with Gasteiger partial charge in [0.1, 0.15) is 6.04 Å². The van der Waals surface area contributed by atoms with Crippen molar-refractivity contribution in [2.45, 2.75) is 43.5 Å². The highest BCUT2D eigenvalue weighted by atomic mass is 32.2. The van der Waals surface area contributed by atoms with E-state index in [-0.39, 0.29) is 29.3 Å². The van der Waals surface area contributed by atoms with Gasteiger partial charge in [-0.1, -0.05) is 53.2 Å². The molecule has 0 unspecified atom stereocenters. The van der Waals surface area contributed by atoms with Crippen LogP contribution in [0.15, 0.2) is 64.0 Å². The molecule has 3 heterocycles. The number of likely N-dealkylation sites (tertiary alicyclic amines) is 1. The van der Waals surface area contributed by atoms with Crippen molar-refractivity contribution >= 4 is 15.9 Å². The third-order valence-corrected chi connectivity index (χ3v) is 8.57. The molecule has 0 bridgehead atoms. The first-order valence-corrected chi connectivity index (χ1v) is 13.1. The van der Waals surface area contributed by atoms with E-state index in [2.05, 4.69) is 10.1 Å². The van der Waals surface area contributed by atoms with Crippen molar-refractivity contribution in [3.8, 4) is 11.4 Å². The van der Waals surface area contributed by atoms with Crippen LogP contribution in [0, 0.1) is 12.8 Å². The highest BCUT2D eigenvalue weighted by Crippen LogP contribution is 2.35. The lowest BCUT2D eigenvalue weighted by atomic mass is 9.97. The monoisotopic (exact) mass is 480 g/mol. The summed E-state index contributed by atoms with van der Waals surface area (Å²) < 4.78 is 33.4. The van der Waals surface area contributed by atoms with Crippen molar-refractivity contribution in [3.63, 3.8) is 0 Å². The Kier molecular flexibility index (Phi) is 6.22.